The van der Waals surface area contributed by atoms with Crippen molar-refractivity contribution in [3.05, 3.63) is 26.7 Å². The largest absolute Gasteiger partial charge is 0.481 e. The van der Waals surface area contributed by atoms with Gasteiger partial charge in [0, 0.05) is 17.4 Å². The fourth-order valence-corrected chi connectivity index (χ4v) is 2.84. The van der Waals surface area contributed by atoms with E-state index >= 15 is 0 Å². The number of benzene rings is 1. The molecule has 1 aromatic rings. The predicted octanol–water partition coefficient (Wildman–Crippen LogP) is 4.81. The zero-order chi connectivity index (χ0) is 13.5. The Balaban J connectivity index is 2.33. The molecule has 0 radical (unpaired) electrons. The number of carbonyl (C=O) groups is 1. The van der Waals surface area contributed by atoms with Crippen LogP contribution in [-0.2, 0) is 4.79 Å². The summed E-state index contributed by atoms with van der Waals surface area (Å²) in [6.45, 7) is 0.723. The second-order valence-electron chi connectivity index (χ2n) is 3.88. The smallest absolute Gasteiger partial charge is 0.303 e. The second kappa shape index (κ2) is 7.87. The number of carboxylic acids is 1. The Morgan fingerprint density at radius 2 is 1.83 bits per heavy atom. The van der Waals surface area contributed by atoms with Crippen LogP contribution in [0.1, 0.15) is 25.7 Å². The normalized spacial score (nSPS) is 10.4. The van der Waals surface area contributed by atoms with Gasteiger partial charge in [-0.1, -0.05) is 45.6 Å². The van der Waals surface area contributed by atoms with E-state index in [1.165, 1.54) is 0 Å². The van der Waals surface area contributed by atoms with Crippen LogP contribution in [0.4, 0.5) is 5.69 Å². The highest BCUT2D eigenvalue weighted by Crippen LogP contribution is 2.33. The summed E-state index contributed by atoms with van der Waals surface area (Å²) in [7, 11) is 0. The minimum atomic E-state index is -0.748. The first-order valence-corrected chi connectivity index (χ1v) is 7.16. The van der Waals surface area contributed by atoms with Crippen LogP contribution >= 0.6 is 39.1 Å². The van der Waals surface area contributed by atoms with E-state index in [9.17, 15) is 4.79 Å². The maximum atomic E-state index is 10.3. The number of aliphatic carboxylic acids is 1. The third kappa shape index (κ3) is 5.46. The van der Waals surface area contributed by atoms with Crippen LogP contribution in [0.25, 0.3) is 0 Å². The van der Waals surface area contributed by atoms with Crippen molar-refractivity contribution in [2.45, 2.75) is 25.7 Å². The molecule has 0 aliphatic rings. The fraction of sp³-hybridized carbons (Fsp3) is 0.417. The summed E-state index contributed by atoms with van der Waals surface area (Å²) in [5, 5.41) is 12.8. The summed E-state index contributed by atoms with van der Waals surface area (Å²) in [5.41, 5.74) is 0.722. The molecular weight excluding hydrogens is 341 g/mol. The van der Waals surface area contributed by atoms with Gasteiger partial charge in [-0.05, 0) is 25.0 Å². The predicted molar refractivity (Wildman–Crippen MR) is 78.8 cm³/mol. The summed E-state index contributed by atoms with van der Waals surface area (Å²) in [4.78, 5) is 10.3. The van der Waals surface area contributed by atoms with Crippen molar-refractivity contribution in [3.8, 4) is 0 Å². The van der Waals surface area contributed by atoms with Crippen LogP contribution in [0.5, 0.6) is 0 Å². The van der Waals surface area contributed by atoms with E-state index in [0.29, 0.717) is 16.5 Å². The molecule has 100 valence electrons. The van der Waals surface area contributed by atoms with Gasteiger partial charge in [-0.2, -0.15) is 0 Å². The molecule has 0 atom stereocenters. The van der Waals surface area contributed by atoms with E-state index in [2.05, 4.69) is 21.2 Å². The zero-order valence-electron chi connectivity index (χ0n) is 9.68. The molecule has 0 aliphatic carbocycles. The van der Waals surface area contributed by atoms with Gasteiger partial charge in [0.15, 0.2) is 0 Å². The van der Waals surface area contributed by atoms with Gasteiger partial charge in [-0.3, -0.25) is 4.79 Å². The molecule has 0 saturated heterocycles. The van der Waals surface area contributed by atoms with Crippen molar-refractivity contribution in [3.63, 3.8) is 0 Å². The minimum absolute atomic E-state index is 0.222. The van der Waals surface area contributed by atoms with Crippen LogP contribution in [0.2, 0.25) is 10.0 Å². The zero-order valence-corrected chi connectivity index (χ0v) is 12.8. The van der Waals surface area contributed by atoms with Gasteiger partial charge < -0.3 is 10.4 Å². The van der Waals surface area contributed by atoms with E-state index in [-0.39, 0.29) is 6.42 Å². The monoisotopic (exact) mass is 353 g/mol. The lowest BCUT2D eigenvalue weighted by molar-refractivity contribution is -0.137. The van der Waals surface area contributed by atoms with E-state index in [1.807, 2.05) is 0 Å². The quantitative estimate of drug-likeness (QED) is 0.690. The average molecular weight is 355 g/mol. The first kappa shape index (κ1) is 15.6. The maximum Gasteiger partial charge on any atom is 0.303 e. The Morgan fingerprint density at radius 3 is 2.39 bits per heavy atom. The summed E-state index contributed by atoms with van der Waals surface area (Å²) in [6, 6.07) is 3.56. The molecule has 0 aromatic heterocycles. The standard InChI is InChI=1S/C12H14BrCl2NO2/c13-8-6-9(14)12(10(15)7-8)16-5-3-1-2-4-11(17)18/h6-7,16H,1-5H2,(H,17,18). The van der Waals surface area contributed by atoms with E-state index in [1.54, 1.807) is 12.1 Å². The van der Waals surface area contributed by atoms with Gasteiger partial charge in [-0.15, -0.1) is 0 Å². The Morgan fingerprint density at radius 1 is 1.22 bits per heavy atom. The molecule has 3 nitrogen and oxygen atoms in total. The molecule has 1 aromatic carbocycles. The van der Waals surface area contributed by atoms with E-state index < -0.39 is 5.97 Å². The first-order valence-electron chi connectivity index (χ1n) is 5.61. The number of halogens is 3. The van der Waals surface area contributed by atoms with Crippen LogP contribution in [0.3, 0.4) is 0 Å². The van der Waals surface area contributed by atoms with Crippen molar-refractivity contribution in [2.75, 3.05) is 11.9 Å². The molecule has 0 heterocycles. The van der Waals surface area contributed by atoms with Crippen molar-refractivity contribution in [1.82, 2.24) is 0 Å². The number of hydrogen-bond acceptors (Lipinski definition) is 2. The van der Waals surface area contributed by atoms with Crippen LogP contribution < -0.4 is 5.32 Å². The number of rotatable bonds is 7. The second-order valence-corrected chi connectivity index (χ2v) is 5.61. The Hall–Kier alpha value is -0.450. The highest BCUT2D eigenvalue weighted by atomic mass is 79.9. The van der Waals surface area contributed by atoms with Crippen molar-refractivity contribution in [1.29, 1.82) is 0 Å². The van der Waals surface area contributed by atoms with Gasteiger partial charge in [0.1, 0.15) is 0 Å². The van der Waals surface area contributed by atoms with Crippen LogP contribution in [0.15, 0.2) is 16.6 Å². The molecule has 6 heteroatoms. The lowest BCUT2D eigenvalue weighted by Gasteiger charge is -2.10. The molecule has 0 aliphatic heterocycles. The molecule has 18 heavy (non-hydrogen) atoms. The Labute approximate surface area is 125 Å². The van der Waals surface area contributed by atoms with Crippen molar-refractivity contribution in [2.24, 2.45) is 0 Å². The van der Waals surface area contributed by atoms with Crippen LogP contribution in [0, 0.1) is 0 Å². The highest BCUT2D eigenvalue weighted by Gasteiger charge is 2.06. The summed E-state index contributed by atoms with van der Waals surface area (Å²) in [5.74, 6) is -0.748. The van der Waals surface area contributed by atoms with Gasteiger partial charge in [0.05, 0.1) is 15.7 Å². The molecule has 0 unspecified atom stereocenters. The molecule has 0 amide bonds. The number of unbranched alkanes of at least 4 members (excludes halogenated alkanes) is 2. The average Bonchev–Trinajstić information content (AvgIpc) is 2.25. The number of nitrogens with one attached hydrogen (secondary N) is 1. The van der Waals surface area contributed by atoms with Crippen LogP contribution in [-0.4, -0.2) is 17.6 Å². The van der Waals surface area contributed by atoms with Crippen molar-refractivity contribution >= 4 is 50.8 Å². The van der Waals surface area contributed by atoms with Gasteiger partial charge in [0.2, 0.25) is 0 Å². The molecular formula is C12H14BrCl2NO2. The Kier molecular flexibility index (Phi) is 6.82. The third-order valence-electron chi connectivity index (χ3n) is 2.38. The van der Waals surface area contributed by atoms with Gasteiger partial charge in [-0.25, -0.2) is 0 Å². The number of anilines is 1. The lowest BCUT2D eigenvalue weighted by Crippen LogP contribution is -2.03. The first-order chi connectivity index (χ1) is 8.50. The maximum absolute atomic E-state index is 10.3. The molecule has 0 bridgehead atoms. The summed E-state index contributed by atoms with van der Waals surface area (Å²) >= 11 is 15.4. The molecule has 1 rings (SSSR count). The van der Waals surface area contributed by atoms with Gasteiger partial charge in [0.25, 0.3) is 0 Å². The summed E-state index contributed by atoms with van der Waals surface area (Å²) in [6.07, 6.45) is 2.67. The molecule has 0 fully saturated rings. The highest BCUT2D eigenvalue weighted by molar-refractivity contribution is 9.10. The van der Waals surface area contributed by atoms with E-state index in [0.717, 1.165) is 29.5 Å². The number of carboxylic acid groups (broad SMARTS) is 1. The Bertz CT molecular complexity index is 404. The molecule has 2 N–H and O–H groups in total. The minimum Gasteiger partial charge on any atom is -0.481 e. The lowest BCUT2D eigenvalue weighted by atomic mass is 10.2. The van der Waals surface area contributed by atoms with Gasteiger partial charge >= 0.3 is 5.97 Å². The van der Waals surface area contributed by atoms with E-state index in [4.69, 9.17) is 28.3 Å². The topological polar surface area (TPSA) is 49.3 Å². The molecule has 0 saturated carbocycles. The number of hydrogen-bond donors (Lipinski definition) is 2. The van der Waals surface area contributed by atoms with Crippen molar-refractivity contribution < 1.29 is 9.90 Å². The third-order valence-corrected chi connectivity index (χ3v) is 3.43. The molecule has 0 spiro atoms. The SMILES string of the molecule is O=C(O)CCCCCNc1c(Cl)cc(Br)cc1Cl. The fourth-order valence-electron chi connectivity index (χ4n) is 1.50. The summed E-state index contributed by atoms with van der Waals surface area (Å²) < 4.78 is 0.838.